The van der Waals surface area contributed by atoms with Gasteiger partial charge in [0.2, 0.25) is 5.76 Å². The van der Waals surface area contributed by atoms with Gasteiger partial charge in [0.1, 0.15) is 10.7 Å². The van der Waals surface area contributed by atoms with E-state index in [0.29, 0.717) is 16.3 Å². The number of nitrogens with one attached hydrogen (secondary N) is 1. The zero-order chi connectivity index (χ0) is 16.1. The van der Waals surface area contributed by atoms with Gasteiger partial charge >= 0.3 is 5.97 Å². The maximum absolute atomic E-state index is 12.3. The fourth-order valence-electron chi connectivity index (χ4n) is 1.50. The topological polar surface area (TPSA) is 77.0 Å². The van der Waals surface area contributed by atoms with Crippen LogP contribution in [0.2, 0.25) is 0 Å². The van der Waals surface area contributed by atoms with Crippen molar-refractivity contribution < 1.29 is 19.1 Å². The van der Waals surface area contributed by atoms with E-state index in [-0.39, 0.29) is 10.9 Å². The molecule has 1 heterocycles. The lowest BCUT2D eigenvalue weighted by molar-refractivity contribution is -0.139. The lowest BCUT2D eigenvalue weighted by atomic mass is 10.3. The Bertz CT molecular complexity index is 659. The molecule has 0 fully saturated rings. The number of hydrogen-bond acceptors (Lipinski definition) is 7. The lowest BCUT2D eigenvalue weighted by Crippen LogP contribution is -2.20. The van der Waals surface area contributed by atoms with Crippen molar-refractivity contribution in [2.75, 3.05) is 12.4 Å². The summed E-state index contributed by atoms with van der Waals surface area (Å²) >= 11 is 5.91. The number of hydrogen-bond donors (Lipinski definition) is 1. The van der Waals surface area contributed by atoms with Gasteiger partial charge in [0.15, 0.2) is 5.17 Å². The van der Waals surface area contributed by atoms with Gasteiger partial charge in [0.05, 0.1) is 18.1 Å². The number of carbonyl (C=O) groups is 2. The number of anilines is 1. The number of esters is 1. The van der Waals surface area contributed by atoms with E-state index in [2.05, 4.69) is 9.71 Å². The molecule has 0 saturated carbocycles. The summed E-state index contributed by atoms with van der Waals surface area (Å²) in [5, 5.41) is 2.75. The molecular formula is C13H11ClN2O4S2. The van der Waals surface area contributed by atoms with E-state index in [1.54, 1.807) is 31.4 Å². The second-order valence-corrected chi connectivity index (χ2v) is 6.19. The Labute approximate surface area is 139 Å². The van der Waals surface area contributed by atoms with Gasteiger partial charge in [-0.05, 0) is 35.1 Å². The van der Waals surface area contributed by atoms with Crippen LogP contribution in [0.1, 0.15) is 6.92 Å². The van der Waals surface area contributed by atoms with Crippen molar-refractivity contribution in [3.63, 3.8) is 0 Å². The van der Waals surface area contributed by atoms with Gasteiger partial charge in [-0.3, -0.25) is 9.59 Å². The molecule has 1 N–H and O–H groups in total. The summed E-state index contributed by atoms with van der Waals surface area (Å²) in [7, 11) is 3.80. The minimum Gasteiger partial charge on any atom is -0.497 e. The Kier molecular flexibility index (Phi) is 5.76. The number of ether oxygens (including phenoxy) is 2. The normalized spacial score (nSPS) is 15.9. The second kappa shape index (κ2) is 7.57. The Morgan fingerprint density at radius 1 is 1.27 bits per heavy atom. The van der Waals surface area contributed by atoms with Crippen LogP contribution in [0, 0.1) is 0 Å². The largest absolute Gasteiger partial charge is 0.497 e. The van der Waals surface area contributed by atoms with E-state index < -0.39 is 11.9 Å². The van der Waals surface area contributed by atoms with Crippen molar-refractivity contribution in [1.29, 1.82) is 0 Å². The maximum Gasteiger partial charge on any atom is 0.308 e. The van der Waals surface area contributed by atoms with Crippen molar-refractivity contribution in [2.24, 2.45) is 4.40 Å². The third kappa shape index (κ3) is 4.19. The fraction of sp³-hybridized carbons (Fsp3) is 0.154. The number of carbonyl (C=O) groups excluding carboxylic acids is 2. The molecule has 6 nitrogen and oxygen atoms in total. The molecule has 0 aliphatic carbocycles. The van der Waals surface area contributed by atoms with E-state index in [9.17, 15) is 9.59 Å². The minimum atomic E-state index is -0.616. The molecular weight excluding hydrogens is 348 g/mol. The van der Waals surface area contributed by atoms with Crippen molar-refractivity contribution in [1.82, 2.24) is 0 Å². The van der Waals surface area contributed by atoms with Crippen molar-refractivity contribution >= 4 is 56.1 Å². The van der Waals surface area contributed by atoms with Gasteiger partial charge in [-0.1, -0.05) is 11.6 Å². The van der Waals surface area contributed by atoms with Crippen LogP contribution in [0.5, 0.6) is 5.75 Å². The molecule has 1 aromatic carbocycles. The van der Waals surface area contributed by atoms with Gasteiger partial charge < -0.3 is 14.8 Å². The Morgan fingerprint density at radius 2 is 1.95 bits per heavy atom. The Morgan fingerprint density at radius 3 is 2.45 bits per heavy atom. The standard InChI is InChI=1S/C13H11ClN2O4S2/c1-7(17)20-10(11-12(14)16-22-21-11)13(18)15-8-3-5-9(19-2)6-4-8/h3-6H,1-2H3,(H,15,18)/b11-10+. The van der Waals surface area contributed by atoms with Crippen LogP contribution < -0.4 is 10.1 Å². The molecule has 1 aliphatic heterocycles. The van der Waals surface area contributed by atoms with Crippen molar-refractivity contribution in [3.8, 4) is 5.75 Å². The first kappa shape index (κ1) is 16.7. The predicted octanol–water partition coefficient (Wildman–Crippen LogP) is 3.36. The quantitative estimate of drug-likeness (QED) is 0.292. The average Bonchev–Trinajstić information content (AvgIpc) is 2.91. The average molecular weight is 359 g/mol. The van der Waals surface area contributed by atoms with Gasteiger partial charge in [-0.15, -0.1) is 0 Å². The van der Waals surface area contributed by atoms with Crippen LogP contribution >= 0.6 is 33.4 Å². The highest BCUT2D eigenvalue weighted by molar-refractivity contribution is 8.78. The van der Waals surface area contributed by atoms with Crippen LogP contribution in [-0.2, 0) is 14.3 Å². The van der Waals surface area contributed by atoms with Gasteiger partial charge in [-0.25, -0.2) is 0 Å². The molecule has 1 amide bonds. The Hall–Kier alpha value is -1.64. The molecule has 0 radical (unpaired) electrons. The molecule has 1 aromatic rings. The molecule has 0 atom stereocenters. The van der Waals surface area contributed by atoms with Gasteiger partial charge in [0, 0.05) is 12.6 Å². The molecule has 116 valence electrons. The SMILES string of the molecule is COc1ccc(NC(=O)/C(OC(C)=O)=C2\SSN=C2Cl)cc1. The number of rotatable bonds is 4. The van der Waals surface area contributed by atoms with Gasteiger partial charge in [0.25, 0.3) is 5.91 Å². The number of nitrogens with zero attached hydrogens (tertiary/aromatic N) is 1. The first-order valence-corrected chi connectivity index (χ1v) is 8.45. The van der Waals surface area contributed by atoms with E-state index in [1.165, 1.54) is 6.92 Å². The number of amides is 1. The summed E-state index contributed by atoms with van der Waals surface area (Å²) in [5.41, 5.74) is 0.528. The van der Waals surface area contributed by atoms with Crippen LogP contribution in [-0.4, -0.2) is 24.2 Å². The van der Waals surface area contributed by atoms with E-state index in [1.807, 2.05) is 0 Å². The first-order valence-electron chi connectivity index (χ1n) is 5.97. The molecule has 22 heavy (non-hydrogen) atoms. The highest BCUT2D eigenvalue weighted by Gasteiger charge is 2.26. The van der Waals surface area contributed by atoms with Crippen LogP contribution in [0.3, 0.4) is 0 Å². The number of allylic oxidation sites excluding steroid dienone is 1. The molecule has 0 aromatic heterocycles. The highest BCUT2D eigenvalue weighted by atomic mass is 35.5. The summed E-state index contributed by atoms with van der Waals surface area (Å²) in [6, 6.07) is 6.73. The molecule has 0 unspecified atom stereocenters. The van der Waals surface area contributed by atoms with E-state index in [0.717, 1.165) is 21.8 Å². The van der Waals surface area contributed by atoms with Crippen LogP contribution in [0.4, 0.5) is 5.69 Å². The number of methoxy groups -OCH3 is 1. The monoisotopic (exact) mass is 358 g/mol. The lowest BCUT2D eigenvalue weighted by Gasteiger charge is -2.10. The molecule has 1 aliphatic rings. The van der Waals surface area contributed by atoms with Crippen molar-refractivity contribution in [3.05, 3.63) is 34.9 Å². The zero-order valence-electron chi connectivity index (χ0n) is 11.6. The molecule has 0 saturated heterocycles. The summed E-state index contributed by atoms with van der Waals surface area (Å²) < 4.78 is 13.9. The van der Waals surface area contributed by atoms with E-state index >= 15 is 0 Å². The predicted molar refractivity (Wildman–Crippen MR) is 88.9 cm³/mol. The Balaban J connectivity index is 2.22. The summed E-state index contributed by atoms with van der Waals surface area (Å²) in [6.07, 6.45) is 0. The molecule has 2 rings (SSSR count). The number of benzene rings is 1. The number of halogens is 1. The summed E-state index contributed by atoms with van der Waals surface area (Å²) in [4.78, 5) is 23.8. The second-order valence-electron chi connectivity index (χ2n) is 3.97. The minimum absolute atomic E-state index is 0.121. The first-order chi connectivity index (χ1) is 10.5. The highest BCUT2D eigenvalue weighted by Crippen LogP contribution is 2.42. The van der Waals surface area contributed by atoms with Crippen LogP contribution in [0.25, 0.3) is 0 Å². The van der Waals surface area contributed by atoms with E-state index in [4.69, 9.17) is 21.1 Å². The maximum atomic E-state index is 12.3. The smallest absolute Gasteiger partial charge is 0.308 e. The molecule has 9 heteroatoms. The molecule has 0 bridgehead atoms. The van der Waals surface area contributed by atoms with Gasteiger partial charge in [-0.2, -0.15) is 4.40 Å². The zero-order valence-corrected chi connectivity index (χ0v) is 14.0. The summed E-state index contributed by atoms with van der Waals surface area (Å²) in [5.74, 6) is -0.713. The fourth-order valence-corrected chi connectivity index (χ4v) is 3.74. The van der Waals surface area contributed by atoms with Crippen LogP contribution in [0.15, 0.2) is 39.3 Å². The third-order valence-corrected chi connectivity index (χ3v) is 4.74. The molecule has 0 spiro atoms. The third-order valence-electron chi connectivity index (χ3n) is 2.43. The van der Waals surface area contributed by atoms with Crippen molar-refractivity contribution in [2.45, 2.75) is 6.92 Å². The summed E-state index contributed by atoms with van der Waals surface area (Å²) in [6.45, 7) is 1.21.